The van der Waals surface area contributed by atoms with Crippen molar-refractivity contribution in [3.63, 3.8) is 0 Å². The zero-order valence-corrected chi connectivity index (χ0v) is 29.8. The number of hydrogen-bond donors (Lipinski definition) is 1. The molecule has 1 amide bonds. The molecule has 0 unspecified atom stereocenters. The maximum absolute atomic E-state index is 14.4. The largest absolute Gasteiger partial charge is 0.496 e. The van der Waals surface area contributed by atoms with Gasteiger partial charge in [0.25, 0.3) is 11.5 Å². The quantitative estimate of drug-likeness (QED) is 0.180. The maximum Gasteiger partial charge on any atom is 0.335 e. The molecule has 0 saturated heterocycles. The van der Waals surface area contributed by atoms with Crippen LogP contribution in [0.4, 0.5) is 0 Å². The molecule has 0 bridgehead atoms. The molecular formula is C38H34BrN3O6S. The second-order valence-electron chi connectivity index (χ2n) is 11.4. The molecule has 1 aliphatic rings. The van der Waals surface area contributed by atoms with Crippen molar-refractivity contribution in [1.82, 2.24) is 9.47 Å². The number of fused-ring (bicyclic) bond motifs is 2. The van der Waals surface area contributed by atoms with Gasteiger partial charge in [-0.1, -0.05) is 59.9 Å². The highest BCUT2D eigenvalue weighted by atomic mass is 79.9. The van der Waals surface area contributed by atoms with Gasteiger partial charge in [-0.15, -0.1) is 0 Å². The molecule has 11 heteroatoms. The molecule has 0 spiro atoms. The summed E-state index contributed by atoms with van der Waals surface area (Å²) >= 11 is 4.87. The van der Waals surface area contributed by atoms with Crippen LogP contribution in [0.1, 0.15) is 53.9 Å². The predicted octanol–water partition coefficient (Wildman–Crippen LogP) is 6.31. The zero-order valence-electron chi connectivity index (χ0n) is 27.4. The Morgan fingerprint density at radius 3 is 2.41 bits per heavy atom. The second-order valence-corrected chi connectivity index (χ2v) is 13.3. The van der Waals surface area contributed by atoms with Crippen LogP contribution in [0.3, 0.4) is 0 Å². The number of halogens is 1. The lowest BCUT2D eigenvalue weighted by Gasteiger charge is -2.30. The fourth-order valence-corrected chi connectivity index (χ4v) is 7.62. The van der Waals surface area contributed by atoms with E-state index in [0.29, 0.717) is 49.7 Å². The fourth-order valence-electron chi connectivity index (χ4n) is 6.06. The van der Waals surface area contributed by atoms with Gasteiger partial charge in [0.1, 0.15) is 24.1 Å². The van der Waals surface area contributed by atoms with Gasteiger partial charge in [0, 0.05) is 18.7 Å². The van der Waals surface area contributed by atoms with Crippen molar-refractivity contribution in [3.05, 3.63) is 137 Å². The maximum atomic E-state index is 14.4. The third-order valence-corrected chi connectivity index (χ3v) is 10.2. The molecule has 6 rings (SSSR count). The lowest BCUT2D eigenvalue weighted by Crippen LogP contribution is -2.43. The van der Waals surface area contributed by atoms with Crippen molar-refractivity contribution in [2.75, 3.05) is 20.2 Å². The van der Waals surface area contributed by atoms with Gasteiger partial charge in [0.15, 0.2) is 4.80 Å². The summed E-state index contributed by atoms with van der Waals surface area (Å²) in [5, 5.41) is 11.0. The molecule has 1 atom stereocenters. The van der Waals surface area contributed by atoms with Crippen LogP contribution in [-0.4, -0.2) is 46.6 Å². The van der Waals surface area contributed by atoms with E-state index >= 15 is 0 Å². The first-order valence-electron chi connectivity index (χ1n) is 15.8. The summed E-state index contributed by atoms with van der Waals surface area (Å²) in [7, 11) is 1.60. The van der Waals surface area contributed by atoms with E-state index in [-0.39, 0.29) is 23.6 Å². The molecule has 2 heterocycles. The number of carboxylic acids is 1. The summed E-state index contributed by atoms with van der Waals surface area (Å²) in [6.45, 7) is 6.99. The molecule has 49 heavy (non-hydrogen) atoms. The van der Waals surface area contributed by atoms with E-state index in [1.165, 1.54) is 11.3 Å². The van der Waals surface area contributed by atoms with Crippen molar-refractivity contribution in [2.45, 2.75) is 33.4 Å². The molecule has 1 N–H and O–H groups in total. The van der Waals surface area contributed by atoms with E-state index in [1.807, 2.05) is 81.4 Å². The number of methoxy groups -OCH3 is 1. The molecule has 250 valence electrons. The average molecular weight is 741 g/mol. The number of thiazole rings is 1. The lowest BCUT2D eigenvalue weighted by molar-refractivity contribution is -0.127. The van der Waals surface area contributed by atoms with Crippen molar-refractivity contribution in [2.24, 2.45) is 4.99 Å². The van der Waals surface area contributed by atoms with Gasteiger partial charge in [0.2, 0.25) is 0 Å². The zero-order chi connectivity index (χ0) is 34.8. The van der Waals surface area contributed by atoms with Crippen LogP contribution in [0.15, 0.2) is 104 Å². The smallest absolute Gasteiger partial charge is 0.335 e. The van der Waals surface area contributed by atoms with Gasteiger partial charge in [0.05, 0.1) is 32.9 Å². The molecule has 0 saturated carbocycles. The minimum Gasteiger partial charge on any atom is -0.496 e. The first-order chi connectivity index (χ1) is 23.6. The minimum atomic E-state index is -0.981. The van der Waals surface area contributed by atoms with Crippen molar-refractivity contribution in [3.8, 4) is 11.5 Å². The number of carboxylic acid groups (broad SMARTS) is 1. The predicted molar refractivity (Wildman–Crippen MR) is 194 cm³/mol. The number of rotatable bonds is 10. The molecule has 1 aliphatic heterocycles. The minimum absolute atomic E-state index is 0.169. The number of benzene rings is 4. The Hall–Kier alpha value is -5.00. The summed E-state index contributed by atoms with van der Waals surface area (Å²) in [5.74, 6) is 0.0258. The Morgan fingerprint density at radius 1 is 1.02 bits per heavy atom. The number of ether oxygens (including phenoxy) is 2. The molecule has 0 fully saturated rings. The Morgan fingerprint density at radius 2 is 1.73 bits per heavy atom. The molecule has 4 aromatic carbocycles. The third kappa shape index (κ3) is 6.56. The highest BCUT2D eigenvalue weighted by Gasteiger charge is 2.36. The van der Waals surface area contributed by atoms with Gasteiger partial charge in [-0.3, -0.25) is 14.2 Å². The SMILES string of the molecule is CCN(CC)C(=O)C1=C(C)N=c2s/c(=C/c3ccc(OCc4ccc(C(=O)O)cc4)c(Br)c3)c(=O)n2[C@H]1c1c(OC)ccc2ccccc12. The van der Waals surface area contributed by atoms with Crippen molar-refractivity contribution in [1.29, 1.82) is 0 Å². The van der Waals surface area contributed by atoms with E-state index in [9.17, 15) is 14.4 Å². The van der Waals surface area contributed by atoms with Gasteiger partial charge in [-0.2, -0.15) is 0 Å². The molecule has 0 radical (unpaired) electrons. The van der Waals surface area contributed by atoms with E-state index in [4.69, 9.17) is 19.6 Å². The number of hydrogen-bond acceptors (Lipinski definition) is 7. The monoisotopic (exact) mass is 739 g/mol. The van der Waals surface area contributed by atoms with Crippen LogP contribution in [0.25, 0.3) is 16.8 Å². The van der Waals surface area contributed by atoms with E-state index in [2.05, 4.69) is 15.9 Å². The number of aromatic carboxylic acids is 1. The first-order valence-corrected chi connectivity index (χ1v) is 17.4. The van der Waals surface area contributed by atoms with Gasteiger partial charge >= 0.3 is 5.97 Å². The van der Waals surface area contributed by atoms with Gasteiger partial charge < -0.3 is 19.5 Å². The topological polar surface area (TPSA) is 110 Å². The summed E-state index contributed by atoms with van der Waals surface area (Å²) in [4.78, 5) is 46.8. The summed E-state index contributed by atoms with van der Waals surface area (Å²) in [5.41, 5.74) is 3.29. The first kappa shape index (κ1) is 33.9. The summed E-state index contributed by atoms with van der Waals surface area (Å²) < 4.78 is 14.7. The molecular weight excluding hydrogens is 706 g/mol. The van der Waals surface area contributed by atoms with Crippen LogP contribution in [0.5, 0.6) is 11.5 Å². The van der Waals surface area contributed by atoms with E-state index < -0.39 is 12.0 Å². The third-order valence-electron chi connectivity index (χ3n) is 8.58. The van der Waals surface area contributed by atoms with E-state index in [1.54, 1.807) is 40.8 Å². The fraction of sp³-hybridized carbons (Fsp3) is 0.211. The molecule has 1 aromatic heterocycles. The van der Waals surface area contributed by atoms with Crippen LogP contribution in [-0.2, 0) is 11.4 Å². The molecule has 5 aromatic rings. The molecule has 0 aliphatic carbocycles. The lowest BCUT2D eigenvalue weighted by atomic mass is 9.90. The van der Waals surface area contributed by atoms with Crippen molar-refractivity contribution >= 4 is 56.0 Å². The second kappa shape index (κ2) is 14.2. The number of nitrogens with zero attached hydrogens (tertiary/aromatic N) is 3. The van der Waals surface area contributed by atoms with Crippen LogP contribution in [0, 0.1) is 0 Å². The van der Waals surface area contributed by atoms with Gasteiger partial charge in [-0.05, 0) is 95.0 Å². The van der Waals surface area contributed by atoms with Crippen LogP contribution < -0.4 is 24.4 Å². The standard InChI is InChI=1S/C38H34BrN3O6S/c1-5-41(6-2)36(44)32-22(3)40-38-42(34(32)33-27-10-8-7-9-25(27)16-18-30(33)47-4)35(43)31(49-38)20-24-13-17-29(28(39)19-24)48-21-23-11-14-26(15-12-23)37(45)46/h7-20,34H,5-6,21H2,1-4H3,(H,45,46)/b31-20+/t34-/m1/s1. The number of allylic oxidation sites excluding steroid dienone is 1. The Bertz CT molecular complexity index is 2300. The van der Waals surface area contributed by atoms with E-state index in [0.717, 1.165) is 27.5 Å². The highest BCUT2D eigenvalue weighted by molar-refractivity contribution is 9.10. The number of carbonyl (C=O) groups is 2. The number of amides is 1. The Balaban J connectivity index is 1.43. The Labute approximate surface area is 295 Å². The van der Waals surface area contributed by atoms with Crippen LogP contribution >= 0.6 is 27.3 Å². The summed E-state index contributed by atoms with van der Waals surface area (Å²) in [6.07, 6.45) is 1.81. The summed E-state index contributed by atoms with van der Waals surface area (Å²) in [6, 6.07) is 23.0. The number of aromatic nitrogens is 1. The number of carbonyl (C=O) groups excluding carboxylic acids is 1. The normalized spacial score (nSPS) is 14.4. The van der Waals surface area contributed by atoms with Gasteiger partial charge in [-0.25, -0.2) is 9.79 Å². The average Bonchev–Trinajstić information content (AvgIpc) is 3.40. The highest BCUT2D eigenvalue weighted by Crippen LogP contribution is 2.40. The number of likely N-dealkylation sites (N-methyl/N-ethyl adjacent to an activating group) is 1. The Kier molecular flexibility index (Phi) is 9.84. The van der Waals surface area contributed by atoms with Crippen LogP contribution in [0.2, 0.25) is 0 Å². The molecule has 9 nitrogen and oxygen atoms in total. The van der Waals surface area contributed by atoms with Crippen molar-refractivity contribution < 1.29 is 24.2 Å².